The monoisotopic (exact) mass is 437 g/mol. The fourth-order valence-electron chi connectivity index (χ4n) is 4.74. The van der Waals surface area contributed by atoms with Gasteiger partial charge in [-0.15, -0.1) is 22.7 Å². The molecule has 2 aromatic heterocycles. The summed E-state index contributed by atoms with van der Waals surface area (Å²) in [7, 11) is 4.91. The third-order valence-electron chi connectivity index (χ3n) is 6.28. The van der Waals surface area contributed by atoms with Crippen LogP contribution in [0.3, 0.4) is 0 Å². The molecule has 0 radical (unpaired) electrons. The number of rotatable bonds is 3. The van der Waals surface area contributed by atoms with Gasteiger partial charge < -0.3 is 21.5 Å². The first-order chi connectivity index (χ1) is 11.4. The predicted molar refractivity (Wildman–Crippen MR) is 107 cm³/mol. The maximum absolute atomic E-state index is 2.63. The maximum Gasteiger partial charge on any atom is 0.0896 e. The lowest BCUT2D eigenvalue weighted by molar-refractivity contribution is -0.931. The molecule has 0 spiro atoms. The van der Waals surface area contributed by atoms with E-state index < -0.39 is 0 Å². The number of aryl methyl sites for hydroxylation is 2. The molecule has 4 rings (SSSR count). The fourth-order valence-corrected chi connectivity index (χ4v) is 6.62. The number of allylic oxidation sites excluding steroid dienone is 1. The molecule has 0 saturated carbocycles. The molecule has 136 valence electrons. The van der Waals surface area contributed by atoms with Gasteiger partial charge in [-0.1, -0.05) is 6.08 Å². The zero-order valence-corrected chi connectivity index (χ0v) is 18.8. The topological polar surface area (TPSA) is 0 Å². The normalized spacial score (nSPS) is 27.0. The first-order valence-corrected chi connectivity index (χ1v) is 10.8. The molecule has 4 heteroatoms. The number of hydrogen-bond donors (Lipinski definition) is 0. The molecule has 2 bridgehead atoms. The molecule has 4 heterocycles. The fraction of sp³-hybridized carbons (Fsp3) is 0.524. The molecule has 0 N–H and O–H groups in total. The summed E-state index contributed by atoms with van der Waals surface area (Å²) in [5, 5.41) is 0. The Morgan fingerprint density at radius 1 is 0.920 bits per heavy atom. The lowest BCUT2D eigenvalue weighted by atomic mass is 9.87. The van der Waals surface area contributed by atoms with Gasteiger partial charge in [0.05, 0.1) is 26.2 Å². The Balaban J connectivity index is 0.00000182. The number of hydrogen-bond acceptors (Lipinski definition) is 2. The summed E-state index contributed by atoms with van der Waals surface area (Å²) in [6, 6.07) is 10.9. The molecule has 2 aliphatic heterocycles. The zero-order valence-electron chi connectivity index (χ0n) is 15.6. The average Bonchev–Trinajstić information content (AvgIpc) is 3.15. The SMILES string of the molecule is Cc1ccc(C(=C[C@H]2C[C@H]3CC[C@@H](C2)[N+]3(C)C)c2ccc(C)s2)s1.[Br-]. The van der Waals surface area contributed by atoms with Crippen LogP contribution < -0.4 is 17.0 Å². The van der Waals surface area contributed by atoms with Crippen LogP contribution >= 0.6 is 22.7 Å². The quantitative estimate of drug-likeness (QED) is 0.647. The Morgan fingerprint density at radius 2 is 1.40 bits per heavy atom. The van der Waals surface area contributed by atoms with Gasteiger partial charge in [0.2, 0.25) is 0 Å². The highest BCUT2D eigenvalue weighted by Gasteiger charge is 2.48. The van der Waals surface area contributed by atoms with Crippen molar-refractivity contribution >= 4 is 28.2 Å². The summed E-state index contributed by atoms with van der Waals surface area (Å²) < 4.78 is 1.26. The van der Waals surface area contributed by atoms with Gasteiger partial charge in [-0.3, -0.25) is 0 Å². The largest absolute Gasteiger partial charge is 1.00 e. The summed E-state index contributed by atoms with van der Waals surface area (Å²) in [5.74, 6) is 0.744. The van der Waals surface area contributed by atoms with Crippen LogP contribution in [0.4, 0.5) is 0 Å². The third-order valence-corrected chi connectivity index (χ3v) is 8.35. The van der Waals surface area contributed by atoms with Gasteiger partial charge in [0.25, 0.3) is 0 Å². The van der Waals surface area contributed by atoms with Gasteiger partial charge in [-0.2, -0.15) is 0 Å². The van der Waals surface area contributed by atoms with Gasteiger partial charge in [-0.25, -0.2) is 0 Å². The Hall–Kier alpha value is -0.420. The molecule has 0 amide bonds. The number of halogens is 1. The standard InChI is InChI=1S/C21H28NS2.BrH/c1-14-5-9-20(23-14)19(21-10-6-15(2)24-21)13-16-11-17-7-8-18(12-16)22(17,3)4;/h5-6,9-10,13,16-18H,7-8,11-12H2,1-4H3;1H/q+1;/p-1/t16-,17+,18-;. The maximum atomic E-state index is 2.63. The van der Waals surface area contributed by atoms with Gasteiger partial charge in [-0.05, 0) is 44.0 Å². The number of quaternary nitrogens is 1. The van der Waals surface area contributed by atoms with E-state index >= 15 is 0 Å². The zero-order chi connectivity index (χ0) is 16.9. The van der Waals surface area contributed by atoms with E-state index in [-0.39, 0.29) is 17.0 Å². The first-order valence-electron chi connectivity index (χ1n) is 9.12. The van der Waals surface area contributed by atoms with Crippen molar-refractivity contribution < 1.29 is 21.5 Å². The molecule has 3 atom stereocenters. The van der Waals surface area contributed by atoms with E-state index in [1.165, 1.54) is 55.2 Å². The van der Waals surface area contributed by atoms with Crippen LogP contribution in [-0.2, 0) is 0 Å². The molecule has 0 aromatic carbocycles. The van der Waals surface area contributed by atoms with Crippen molar-refractivity contribution in [2.75, 3.05) is 14.1 Å². The van der Waals surface area contributed by atoms with Crippen LogP contribution in [0.25, 0.3) is 5.57 Å². The summed E-state index contributed by atoms with van der Waals surface area (Å²) in [6.07, 6.45) is 8.20. The summed E-state index contributed by atoms with van der Waals surface area (Å²) >= 11 is 3.88. The number of fused-ring (bicyclic) bond motifs is 2. The van der Waals surface area contributed by atoms with E-state index in [0.717, 1.165) is 18.0 Å². The predicted octanol–water partition coefficient (Wildman–Crippen LogP) is 2.88. The van der Waals surface area contributed by atoms with E-state index in [9.17, 15) is 0 Å². The van der Waals surface area contributed by atoms with E-state index in [0.29, 0.717) is 0 Å². The Bertz CT molecular complexity index is 712. The van der Waals surface area contributed by atoms with Crippen molar-refractivity contribution in [2.45, 2.75) is 51.6 Å². The highest BCUT2D eigenvalue weighted by Crippen LogP contribution is 2.44. The van der Waals surface area contributed by atoms with Gasteiger partial charge in [0.1, 0.15) is 0 Å². The lowest BCUT2D eigenvalue weighted by Crippen LogP contribution is -3.00. The van der Waals surface area contributed by atoms with E-state index in [2.05, 4.69) is 58.3 Å². The van der Waals surface area contributed by atoms with E-state index in [4.69, 9.17) is 0 Å². The second-order valence-corrected chi connectivity index (χ2v) is 10.7. The van der Waals surface area contributed by atoms with Crippen LogP contribution in [0, 0.1) is 19.8 Å². The van der Waals surface area contributed by atoms with Crippen molar-refractivity contribution in [1.82, 2.24) is 0 Å². The highest BCUT2D eigenvalue weighted by molar-refractivity contribution is 7.15. The minimum atomic E-state index is 0. The summed E-state index contributed by atoms with van der Waals surface area (Å²) in [5.41, 5.74) is 1.49. The minimum absolute atomic E-state index is 0. The van der Waals surface area contributed by atoms with Crippen molar-refractivity contribution in [3.63, 3.8) is 0 Å². The second kappa shape index (κ2) is 7.30. The third kappa shape index (κ3) is 3.69. The minimum Gasteiger partial charge on any atom is -1.00 e. The highest BCUT2D eigenvalue weighted by atomic mass is 79.9. The number of thiophene rings is 2. The van der Waals surface area contributed by atoms with Gasteiger partial charge in [0.15, 0.2) is 0 Å². The van der Waals surface area contributed by atoms with Crippen LogP contribution in [0.15, 0.2) is 30.3 Å². The van der Waals surface area contributed by atoms with Crippen LogP contribution in [-0.4, -0.2) is 30.7 Å². The van der Waals surface area contributed by atoms with Crippen molar-refractivity contribution in [3.8, 4) is 0 Å². The van der Waals surface area contributed by atoms with Gasteiger partial charge >= 0.3 is 0 Å². The Kier molecular flexibility index (Phi) is 5.65. The molecule has 0 unspecified atom stereocenters. The summed E-state index contributed by atoms with van der Waals surface area (Å²) in [6.45, 7) is 4.43. The molecular weight excluding hydrogens is 410 g/mol. The average molecular weight is 438 g/mol. The van der Waals surface area contributed by atoms with Crippen LogP contribution in [0.2, 0.25) is 0 Å². The van der Waals surface area contributed by atoms with E-state index in [1.54, 1.807) is 0 Å². The molecular formula is C21H28BrNS2. The molecule has 2 aliphatic rings. The smallest absolute Gasteiger partial charge is 0.0896 e. The Morgan fingerprint density at radius 3 is 1.80 bits per heavy atom. The molecule has 25 heavy (non-hydrogen) atoms. The van der Waals surface area contributed by atoms with Crippen molar-refractivity contribution in [1.29, 1.82) is 0 Å². The number of piperidine rings is 1. The molecule has 2 aromatic rings. The van der Waals surface area contributed by atoms with Crippen molar-refractivity contribution in [3.05, 3.63) is 49.9 Å². The second-order valence-electron chi connectivity index (χ2n) is 8.15. The van der Waals surface area contributed by atoms with Crippen molar-refractivity contribution in [2.24, 2.45) is 5.92 Å². The first kappa shape index (κ1) is 19.3. The molecule has 1 nitrogen and oxygen atoms in total. The Labute approximate surface area is 170 Å². The molecule has 0 aliphatic carbocycles. The number of nitrogens with zero attached hydrogens (tertiary/aromatic N) is 1. The van der Waals surface area contributed by atoms with Crippen LogP contribution in [0.1, 0.15) is 45.2 Å². The molecule has 2 saturated heterocycles. The van der Waals surface area contributed by atoms with E-state index in [1.807, 2.05) is 22.7 Å². The molecule has 2 fully saturated rings. The summed E-state index contributed by atoms with van der Waals surface area (Å²) in [4.78, 5) is 5.71. The lowest BCUT2D eigenvalue weighted by Gasteiger charge is -2.43. The van der Waals surface area contributed by atoms with Gasteiger partial charge in [0, 0.05) is 50.8 Å². The van der Waals surface area contributed by atoms with Crippen LogP contribution in [0.5, 0.6) is 0 Å².